The van der Waals surface area contributed by atoms with Gasteiger partial charge < -0.3 is 10.1 Å². The van der Waals surface area contributed by atoms with Crippen molar-refractivity contribution in [3.8, 4) is 0 Å². The zero-order valence-electron chi connectivity index (χ0n) is 10.3. The number of nitro benzene ring substituents is 1. The molecule has 0 bridgehead atoms. The molecular weight excluding hydrogens is 239 g/mol. The van der Waals surface area contributed by atoms with Gasteiger partial charge in [-0.25, -0.2) is 0 Å². The van der Waals surface area contributed by atoms with Crippen LogP contribution >= 0.6 is 0 Å². The smallest absolute Gasteiger partial charge is 0.327 e. The van der Waals surface area contributed by atoms with Crippen molar-refractivity contribution in [2.45, 2.75) is 19.8 Å². The Morgan fingerprint density at radius 2 is 2.22 bits per heavy atom. The van der Waals surface area contributed by atoms with Crippen LogP contribution in [-0.2, 0) is 4.74 Å². The molecule has 0 unspecified atom stereocenters. The highest BCUT2D eigenvalue weighted by molar-refractivity contribution is 5.61. The lowest BCUT2D eigenvalue weighted by atomic mass is 10.2. The lowest BCUT2D eigenvalue weighted by Gasteiger charge is -2.07. The van der Waals surface area contributed by atoms with E-state index in [9.17, 15) is 14.5 Å². The van der Waals surface area contributed by atoms with Crippen LogP contribution in [0.5, 0.6) is 0 Å². The minimum absolute atomic E-state index is 0.180. The van der Waals surface area contributed by atoms with E-state index in [0.717, 1.165) is 18.9 Å². The summed E-state index contributed by atoms with van der Waals surface area (Å²) >= 11 is 0. The van der Waals surface area contributed by atoms with Crippen molar-refractivity contribution in [3.63, 3.8) is 0 Å². The topological polar surface area (TPSA) is 64.4 Å². The lowest BCUT2D eigenvalue weighted by Crippen LogP contribution is -2.11. The number of unbranched alkanes of at least 4 members (excludes halogenated alkanes) is 1. The predicted octanol–water partition coefficient (Wildman–Crippen LogP) is 2.96. The van der Waals surface area contributed by atoms with Gasteiger partial charge in [-0.2, -0.15) is 4.39 Å². The van der Waals surface area contributed by atoms with Crippen LogP contribution in [0.3, 0.4) is 0 Å². The number of nitrogens with zero attached hydrogens (tertiary/aromatic N) is 1. The minimum Gasteiger partial charge on any atom is -0.380 e. The third-order valence-electron chi connectivity index (χ3n) is 2.37. The molecule has 0 radical (unpaired) electrons. The molecule has 100 valence electrons. The molecule has 0 aliphatic heterocycles. The van der Waals surface area contributed by atoms with Gasteiger partial charge in [-0.05, 0) is 18.6 Å². The number of anilines is 1. The molecule has 5 nitrogen and oxygen atoms in total. The normalized spacial score (nSPS) is 10.3. The fraction of sp³-hybridized carbons (Fsp3) is 0.500. The molecule has 0 heterocycles. The van der Waals surface area contributed by atoms with Crippen LogP contribution in [0.25, 0.3) is 0 Å². The number of rotatable bonds is 8. The van der Waals surface area contributed by atoms with Crippen LogP contribution in [0.4, 0.5) is 15.8 Å². The highest BCUT2D eigenvalue weighted by Crippen LogP contribution is 2.26. The van der Waals surface area contributed by atoms with Gasteiger partial charge in [0.2, 0.25) is 5.82 Å². The van der Waals surface area contributed by atoms with Gasteiger partial charge in [-0.3, -0.25) is 10.1 Å². The van der Waals surface area contributed by atoms with Crippen molar-refractivity contribution >= 4 is 11.4 Å². The maximum Gasteiger partial charge on any atom is 0.327 e. The van der Waals surface area contributed by atoms with E-state index in [-0.39, 0.29) is 5.69 Å². The summed E-state index contributed by atoms with van der Waals surface area (Å²) in [6.07, 6.45) is 2.04. The quantitative estimate of drug-likeness (QED) is 0.441. The van der Waals surface area contributed by atoms with Gasteiger partial charge in [0.25, 0.3) is 0 Å². The Balaban J connectivity index is 2.47. The number of ether oxygens (including phenoxy) is 1. The van der Waals surface area contributed by atoms with Crippen molar-refractivity contribution in [2.24, 2.45) is 0 Å². The summed E-state index contributed by atoms with van der Waals surface area (Å²) in [4.78, 5) is 9.98. The van der Waals surface area contributed by atoms with Crippen LogP contribution in [-0.4, -0.2) is 24.7 Å². The van der Waals surface area contributed by atoms with E-state index in [1.165, 1.54) is 12.1 Å². The first-order chi connectivity index (χ1) is 8.66. The van der Waals surface area contributed by atoms with Crippen molar-refractivity contribution in [1.29, 1.82) is 0 Å². The molecule has 0 aliphatic carbocycles. The van der Waals surface area contributed by atoms with Crippen molar-refractivity contribution in [2.75, 3.05) is 25.1 Å². The molecule has 0 aliphatic rings. The fourth-order valence-electron chi connectivity index (χ4n) is 1.45. The van der Waals surface area contributed by atoms with E-state index in [1.807, 2.05) is 0 Å². The predicted molar refractivity (Wildman–Crippen MR) is 67.3 cm³/mol. The van der Waals surface area contributed by atoms with Crippen molar-refractivity contribution < 1.29 is 14.1 Å². The highest BCUT2D eigenvalue weighted by atomic mass is 19.1. The van der Waals surface area contributed by atoms with E-state index in [0.29, 0.717) is 19.8 Å². The monoisotopic (exact) mass is 256 g/mol. The maximum absolute atomic E-state index is 13.3. The van der Waals surface area contributed by atoms with Crippen molar-refractivity contribution in [1.82, 2.24) is 0 Å². The summed E-state index contributed by atoms with van der Waals surface area (Å²) < 4.78 is 18.6. The molecule has 0 amide bonds. The number of nitrogens with one attached hydrogen (secondary N) is 1. The molecule has 1 N–H and O–H groups in total. The largest absolute Gasteiger partial charge is 0.380 e. The number of benzene rings is 1. The van der Waals surface area contributed by atoms with Crippen LogP contribution in [0.2, 0.25) is 0 Å². The van der Waals surface area contributed by atoms with Gasteiger partial charge in [0.1, 0.15) is 5.69 Å². The number of halogens is 1. The minimum atomic E-state index is -0.836. The number of hydrogen-bond acceptors (Lipinski definition) is 4. The van der Waals surface area contributed by atoms with Gasteiger partial charge in [0.15, 0.2) is 0 Å². The second-order valence-corrected chi connectivity index (χ2v) is 3.79. The molecule has 18 heavy (non-hydrogen) atoms. The van der Waals surface area contributed by atoms with Crippen LogP contribution < -0.4 is 5.32 Å². The molecule has 1 aromatic carbocycles. The van der Waals surface area contributed by atoms with E-state index >= 15 is 0 Å². The second-order valence-electron chi connectivity index (χ2n) is 3.79. The SMILES string of the molecule is CCCCOCCNc1cccc(F)c1[N+](=O)[O-]. The van der Waals surface area contributed by atoms with E-state index in [1.54, 1.807) is 0 Å². The molecule has 0 spiro atoms. The lowest BCUT2D eigenvalue weighted by molar-refractivity contribution is -0.386. The molecule has 0 aromatic heterocycles. The van der Waals surface area contributed by atoms with Crippen LogP contribution in [0.1, 0.15) is 19.8 Å². The van der Waals surface area contributed by atoms with Gasteiger partial charge in [-0.1, -0.05) is 19.4 Å². The fourth-order valence-corrected chi connectivity index (χ4v) is 1.45. The Hall–Kier alpha value is -1.69. The Kier molecular flexibility index (Phi) is 6.07. The van der Waals surface area contributed by atoms with E-state index in [2.05, 4.69) is 12.2 Å². The summed E-state index contributed by atoms with van der Waals surface area (Å²) in [5.41, 5.74) is -0.342. The Bertz CT molecular complexity index is 399. The summed E-state index contributed by atoms with van der Waals surface area (Å²) in [6.45, 7) is 3.59. The molecule has 0 saturated heterocycles. The molecule has 1 rings (SSSR count). The van der Waals surface area contributed by atoms with Gasteiger partial charge in [-0.15, -0.1) is 0 Å². The molecule has 0 atom stereocenters. The Morgan fingerprint density at radius 1 is 1.44 bits per heavy atom. The maximum atomic E-state index is 13.3. The Morgan fingerprint density at radius 3 is 2.89 bits per heavy atom. The third-order valence-corrected chi connectivity index (χ3v) is 2.37. The zero-order valence-corrected chi connectivity index (χ0v) is 10.3. The second kappa shape index (κ2) is 7.60. The summed E-state index contributed by atoms with van der Waals surface area (Å²) in [6, 6.07) is 3.98. The van der Waals surface area contributed by atoms with Gasteiger partial charge in [0.05, 0.1) is 11.5 Å². The molecular formula is C12H17FN2O3. The van der Waals surface area contributed by atoms with E-state index in [4.69, 9.17) is 4.74 Å². The first kappa shape index (κ1) is 14.4. The summed E-state index contributed by atoms with van der Waals surface area (Å²) in [7, 11) is 0. The van der Waals surface area contributed by atoms with E-state index < -0.39 is 16.4 Å². The highest BCUT2D eigenvalue weighted by Gasteiger charge is 2.19. The number of hydrogen-bond donors (Lipinski definition) is 1. The first-order valence-electron chi connectivity index (χ1n) is 5.91. The number of para-hydroxylation sites is 1. The van der Waals surface area contributed by atoms with Gasteiger partial charge >= 0.3 is 5.69 Å². The molecule has 0 fully saturated rings. The molecule has 1 aromatic rings. The third kappa shape index (κ3) is 4.29. The zero-order chi connectivity index (χ0) is 13.4. The first-order valence-corrected chi connectivity index (χ1v) is 5.91. The van der Waals surface area contributed by atoms with Gasteiger partial charge in [0, 0.05) is 13.2 Å². The average molecular weight is 256 g/mol. The summed E-state index contributed by atoms with van der Waals surface area (Å²) in [5.74, 6) is -0.836. The number of nitro groups is 1. The standard InChI is InChI=1S/C12H17FN2O3/c1-2-3-8-18-9-7-14-11-6-4-5-10(13)12(11)15(16)17/h4-6,14H,2-3,7-9H2,1H3. The molecule has 6 heteroatoms. The average Bonchev–Trinajstić information content (AvgIpc) is 2.33. The Labute approximate surface area is 105 Å². The summed E-state index contributed by atoms with van der Waals surface area (Å²) in [5, 5.41) is 13.5. The van der Waals surface area contributed by atoms with Crippen molar-refractivity contribution in [3.05, 3.63) is 34.1 Å². The van der Waals surface area contributed by atoms with Crippen LogP contribution in [0.15, 0.2) is 18.2 Å². The molecule has 0 saturated carbocycles. The van der Waals surface area contributed by atoms with Crippen LogP contribution in [0, 0.1) is 15.9 Å².